The van der Waals surface area contributed by atoms with E-state index in [1.807, 2.05) is 29.5 Å². The fourth-order valence-electron chi connectivity index (χ4n) is 3.50. The predicted octanol–water partition coefficient (Wildman–Crippen LogP) is 1.33. The first kappa shape index (κ1) is 15.8. The second-order valence-corrected chi connectivity index (χ2v) is 6.73. The second kappa shape index (κ2) is 5.86. The fourth-order valence-corrected chi connectivity index (χ4v) is 3.50. The van der Waals surface area contributed by atoms with E-state index in [1.54, 1.807) is 11.9 Å². The molecule has 1 aromatic rings. The lowest BCUT2D eigenvalue weighted by Gasteiger charge is -2.21. The molecule has 2 amide bonds. The van der Waals surface area contributed by atoms with Gasteiger partial charge in [-0.3, -0.25) is 9.48 Å². The molecule has 0 aromatic carbocycles. The van der Waals surface area contributed by atoms with Crippen molar-refractivity contribution in [3.05, 3.63) is 17.5 Å². The van der Waals surface area contributed by atoms with Gasteiger partial charge in [-0.05, 0) is 26.3 Å². The maximum atomic E-state index is 12.4. The van der Waals surface area contributed by atoms with Crippen LogP contribution in [0.5, 0.6) is 0 Å². The first-order valence-electron chi connectivity index (χ1n) is 8.11. The number of ether oxygens (including phenoxy) is 1. The van der Waals surface area contributed by atoms with E-state index in [2.05, 4.69) is 5.10 Å². The Balaban J connectivity index is 1.48. The van der Waals surface area contributed by atoms with Gasteiger partial charge in [0.15, 0.2) is 5.60 Å². The number of nitrogens with zero attached hydrogens (tertiary/aromatic N) is 4. The lowest BCUT2D eigenvalue weighted by Crippen LogP contribution is -2.39. The van der Waals surface area contributed by atoms with E-state index < -0.39 is 5.60 Å². The van der Waals surface area contributed by atoms with Crippen LogP contribution < -0.4 is 0 Å². The molecular formula is C16H24N4O3. The summed E-state index contributed by atoms with van der Waals surface area (Å²) in [6.07, 6.45) is 1.71. The standard InChI is InChI=1S/C16H24N4O3/c1-12-9-13(2)20(17-12)7-4-5-14(21)19-8-6-16(11-19)10-18(3)15(22)23-16/h9H,4-8,10-11H2,1-3H3/t16-/m0/s1. The lowest BCUT2D eigenvalue weighted by molar-refractivity contribution is -0.131. The molecule has 3 rings (SSSR count). The highest BCUT2D eigenvalue weighted by molar-refractivity contribution is 5.77. The summed E-state index contributed by atoms with van der Waals surface area (Å²) in [6.45, 7) is 6.50. The molecule has 2 aliphatic rings. The molecule has 2 saturated heterocycles. The summed E-state index contributed by atoms with van der Waals surface area (Å²) in [5, 5.41) is 4.41. The van der Waals surface area contributed by atoms with Gasteiger partial charge < -0.3 is 14.5 Å². The summed E-state index contributed by atoms with van der Waals surface area (Å²) < 4.78 is 7.42. The number of rotatable bonds is 4. The second-order valence-electron chi connectivity index (χ2n) is 6.73. The van der Waals surface area contributed by atoms with Gasteiger partial charge in [0, 0.05) is 38.7 Å². The molecule has 1 aromatic heterocycles. The third-order valence-electron chi connectivity index (χ3n) is 4.67. The molecule has 126 valence electrons. The third-order valence-corrected chi connectivity index (χ3v) is 4.67. The van der Waals surface area contributed by atoms with Crippen LogP contribution in [0.2, 0.25) is 0 Å². The highest BCUT2D eigenvalue weighted by Gasteiger charge is 2.49. The number of hydrogen-bond donors (Lipinski definition) is 0. The maximum absolute atomic E-state index is 12.4. The van der Waals surface area contributed by atoms with Crippen LogP contribution in [-0.4, -0.2) is 63.9 Å². The van der Waals surface area contributed by atoms with Gasteiger partial charge in [0.2, 0.25) is 5.91 Å². The van der Waals surface area contributed by atoms with Gasteiger partial charge in [0.25, 0.3) is 0 Å². The summed E-state index contributed by atoms with van der Waals surface area (Å²) in [5.41, 5.74) is 1.63. The average Bonchev–Trinajstić information content (AvgIpc) is 3.10. The van der Waals surface area contributed by atoms with Crippen molar-refractivity contribution in [3.63, 3.8) is 0 Å². The summed E-state index contributed by atoms with van der Waals surface area (Å²) >= 11 is 0. The van der Waals surface area contributed by atoms with E-state index in [-0.39, 0.29) is 12.0 Å². The average molecular weight is 320 g/mol. The maximum Gasteiger partial charge on any atom is 0.410 e. The van der Waals surface area contributed by atoms with E-state index in [0.29, 0.717) is 26.1 Å². The molecule has 0 saturated carbocycles. The Bertz CT molecular complexity index is 627. The summed E-state index contributed by atoms with van der Waals surface area (Å²) in [4.78, 5) is 27.3. The van der Waals surface area contributed by atoms with Crippen molar-refractivity contribution >= 4 is 12.0 Å². The quantitative estimate of drug-likeness (QED) is 0.839. The molecule has 1 spiro atoms. The van der Waals surface area contributed by atoms with Crippen molar-refractivity contribution in [2.24, 2.45) is 0 Å². The number of carbonyl (C=O) groups is 2. The molecule has 2 fully saturated rings. The summed E-state index contributed by atoms with van der Waals surface area (Å²) in [7, 11) is 1.73. The Kier molecular flexibility index (Phi) is 4.04. The van der Waals surface area contributed by atoms with Gasteiger partial charge >= 0.3 is 6.09 Å². The van der Waals surface area contributed by atoms with Gasteiger partial charge in [-0.15, -0.1) is 0 Å². The number of carbonyl (C=O) groups excluding carboxylic acids is 2. The molecular weight excluding hydrogens is 296 g/mol. The minimum Gasteiger partial charge on any atom is -0.439 e. The van der Waals surface area contributed by atoms with E-state index in [4.69, 9.17) is 4.74 Å². The molecule has 7 heteroatoms. The Morgan fingerprint density at radius 1 is 1.39 bits per heavy atom. The summed E-state index contributed by atoms with van der Waals surface area (Å²) in [6, 6.07) is 2.04. The van der Waals surface area contributed by atoms with Crippen LogP contribution >= 0.6 is 0 Å². The number of likely N-dealkylation sites (N-methyl/N-ethyl adjacent to an activating group) is 1. The number of hydrogen-bond acceptors (Lipinski definition) is 4. The Morgan fingerprint density at radius 2 is 2.17 bits per heavy atom. The van der Waals surface area contributed by atoms with E-state index in [9.17, 15) is 9.59 Å². The van der Waals surface area contributed by atoms with Gasteiger partial charge in [-0.25, -0.2) is 4.79 Å². The highest BCUT2D eigenvalue weighted by atomic mass is 16.6. The molecule has 0 bridgehead atoms. The Labute approximate surface area is 136 Å². The van der Waals surface area contributed by atoms with Gasteiger partial charge in [-0.2, -0.15) is 5.10 Å². The molecule has 0 N–H and O–H groups in total. The molecule has 3 heterocycles. The van der Waals surface area contributed by atoms with Crippen LogP contribution in [0.15, 0.2) is 6.07 Å². The monoisotopic (exact) mass is 320 g/mol. The van der Waals surface area contributed by atoms with Gasteiger partial charge in [-0.1, -0.05) is 0 Å². The van der Waals surface area contributed by atoms with Crippen molar-refractivity contribution in [2.75, 3.05) is 26.7 Å². The zero-order chi connectivity index (χ0) is 16.6. The smallest absolute Gasteiger partial charge is 0.410 e. The minimum atomic E-state index is -0.489. The van der Waals surface area contributed by atoms with Crippen LogP contribution in [0.4, 0.5) is 4.79 Å². The van der Waals surface area contributed by atoms with Gasteiger partial charge in [0.05, 0.1) is 18.8 Å². The van der Waals surface area contributed by atoms with Crippen LogP contribution in [0, 0.1) is 13.8 Å². The van der Waals surface area contributed by atoms with Crippen molar-refractivity contribution in [1.82, 2.24) is 19.6 Å². The van der Waals surface area contributed by atoms with Crippen LogP contribution in [-0.2, 0) is 16.1 Å². The number of aromatic nitrogens is 2. The topological polar surface area (TPSA) is 67.7 Å². The molecule has 2 aliphatic heterocycles. The molecule has 23 heavy (non-hydrogen) atoms. The zero-order valence-electron chi connectivity index (χ0n) is 14.0. The third kappa shape index (κ3) is 3.18. The summed E-state index contributed by atoms with van der Waals surface area (Å²) in [5.74, 6) is 0.133. The molecule has 7 nitrogen and oxygen atoms in total. The highest BCUT2D eigenvalue weighted by Crippen LogP contribution is 2.32. The van der Waals surface area contributed by atoms with Crippen molar-refractivity contribution < 1.29 is 14.3 Å². The first-order chi connectivity index (χ1) is 10.9. The minimum absolute atomic E-state index is 0.133. The zero-order valence-corrected chi connectivity index (χ0v) is 14.0. The molecule has 1 atom stereocenters. The van der Waals surface area contributed by atoms with Crippen LogP contribution in [0.1, 0.15) is 30.7 Å². The molecule has 0 aliphatic carbocycles. The Hall–Kier alpha value is -2.05. The normalized spacial score (nSPS) is 23.9. The Morgan fingerprint density at radius 3 is 2.78 bits per heavy atom. The molecule has 0 radical (unpaired) electrons. The van der Waals surface area contributed by atoms with E-state index in [1.165, 1.54) is 0 Å². The number of aryl methyl sites for hydroxylation is 3. The number of likely N-dealkylation sites (tertiary alicyclic amines) is 1. The van der Waals surface area contributed by atoms with Crippen molar-refractivity contribution in [3.8, 4) is 0 Å². The lowest BCUT2D eigenvalue weighted by atomic mass is 10.0. The van der Waals surface area contributed by atoms with Crippen LogP contribution in [0.25, 0.3) is 0 Å². The molecule has 0 unspecified atom stereocenters. The SMILES string of the molecule is Cc1cc(C)n(CCCC(=O)N2CC[C@]3(CN(C)C(=O)O3)C2)n1. The largest absolute Gasteiger partial charge is 0.439 e. The van der Waals surface area contributed by atoms with E-state index >= 15 is 0 Å². The van der Waals surface area contributed by atoms with Crippen molar-refractivity contribution in [2.45, 2.75) is 45.3 Å². The van der Waals surface area contributed by atoms with Crippen LogP contribution in [0.3, 0.4) is 0 Å². The van der Waals surface area contributed by atoms with Crippen molar-refractivity contribution in [1.29, 1.82) is 0 Å². The number of amides is 2. The van der Waals surface area contributed by atoms with Gasteiger partial charge in [0.1, 0.15) is 0 Å². The predicted molar refractivity (Wildman–Crippen MR) is 84.0 cm³/mol. The van der Waals surface area contributed by atoms with E-state index in [0.717, 1.165) is 30.8 Å². The first-order valence-corrected chi connectivity index (χ1v) is 8.11. The fraction of sp³-hybridized carbons (Fsp3) is 0.688.